The van der Waals surface area contributed by atoms with Crippen molar-refractivity contribution in [3.63, 3.8) is 0 Å². The van der Waals surface area contributed by atoms with E-state index < -0.39 is 0 Å². The van der Waals surface area contributed by atoms with Gasteiger partial charge in [0, 0.05) is 5.41 Å². The molecule has 0 aromatic heterocycles. The van der Waals surface area contributed by atoms with Gasteiger partial charge in [-0.1, -0.05) is 65.3 Å². The molecule has 0 saturated heterocycles. The molecule has 33 heavy (non-hydrogen) atoms. The van der Waals surface area contributed by atoms with E-state index in [9.17, 15) is 10.1 Å². The highest BCUT2D eigenvalue weighted by Crippen LogP contribution is 2.73. The first kappa shape index (κ1) is 23.8. The van der Waals surface area contributed by atoms with Crippen LogP contribution in [0.4, 0.5) is 0 Å². The van der Waals surface area contributed by atoms with Gasteiger partial charge in [0.15, 0.2) is 5.78 Å². The van der Waals surface area contributed by atoms with E-state index in [0.717, 1.165) is 29.3 Å². The van der Waals surface area contributed by atoms with Gasteiger partial charge in [-0.05, 0) is 114 Å². The molecule has 0 aromatic carbocycles. The summed E-state index contributed by atoms with van der Waals surface area (Å²) in [7, 11) is 0. The highest BCUT2D eigenvalue weighted by molar-refractivity contribution is 14.1. The van der Waals surface area contributed by atoms with E-state index in [1.165, 1.54) is 19.3 Å². The molecule has 2 fully saturated rings. The van der Waals surface area contributed by atoms with Gasteiger partial charge in [-0.25, -0.2) is 0 Å². The van der Waals surface area contributed by atoms with E-state index >= 15 is 0 Å². The van der Waals surface area contributed by atoms with E-state index in [2.05, 4.69) is 95.4 Å². The fourth-order valence-electron chi connectivity index (χ4n) is 9.24. The molecule has 7 atom stereocenters. The maximum atomic E-state index is 13.1. The summed E-state index contributed by atoms with van der Waals surface area (Å²) in [5.74, 6) is 1.13. The smallest absolute Gasteiger partial charge is 0.174 e. The number of nitrogens with zero attached hydrogens (tertiary/aromatic N) is 1. The number of hydrogen-bond donors (Lipinski definition) is 0. The lowest BCUT2D eigenvalue weighted by atomic mass is 9.36. The van der Waals surface area contributed by atoms with Crippen LogP contribution in [0.25, 0.3) is 0 Å². The maximum Gasteiger partial charge on any atom is 0.174 e. The molecule has 0 aliphatic heterocycles. The summed E-state index contributed by atoms with van der Waals surface area (Å²) in [5, 5.41) is 9.96. The van der Waals surface area contributed by atoms with Crippen molar-refractivity contribution < 1.29 is 4.79 Å². The second kappa shape index (κ2) is 6.86. The van der Waals surface area contributed by atoms with Crippen molar-refractivity contribution in [2.45, 2.75) is 93.4 Å². The van der Waals surface area contributed by atoms with E-state index in [1.807, 2.05) is 0 Å². The van der Waals surface area contributed by atoms with Crippen LogP contribution in [0.3, 0.4) is 0 Å². The third kappa shape index (κ3) is 2.85. The predicted molar refractivity (Wildman–Crippen MR) is 143 cm³/mol. The van der Waals surface area contributed by atoms with Gasteiger partial charge in [0.25, 0.3) is 0 Å². The van der Waals surface area contributed by atoms with E-state index in [-0.39, 0.29) is 32.5 Å². The molecule has 5 aliphatic rings. The Balaban J connectivity index is 1.70. The summed E-state index contributed by atoms with van der Waals surface area (Å²) in [5.41, 5.74) is 3.11. The Bertz CT molecular complexity index is 1070. The summed E-state index contributed by atoms with van der Waals surface area (Å²) in [4.78, 5) is 13.1. The Labute approximate surface area is 214 Å². The molecule has 3 heteroatoms. The van der Waals surface area contributed by atoms with Crippen molar-refractivity contribution in [2.75, 3.05) is 0 Å². The van der Waals surface area contributed by atoms with Gasteiger partial charge in [-0.2, -0.15) is 5.26 Å². The first-order valence-electron chi connectivity index (χ1n) is 12.9. The fraction of sp³-hybridized carbons (Fsp3) is 0.733. The van der Waals surface area contributed by atoms with E-state index in [4.69, 9.17) is 0 Å². The molecule has 0 bridgehead atoms. The highest BCUT2D eigenvalue weighted by Gasteiger charge is 2.66. The number of carbonyl (C=O) groups is 1. The Morgan fingerprint density at radius 1 is 1.00 bits per heavy atom. The zero-order chi connectivity index (χ0) is 24.2. The van der Waals surface area contributed by atoms with Crippen molar-refractivity contribution >= 4 is 28.4 Å². The molecular weight excluding hydrogens is 517 g/mol. The third-order valence-electron chi connectivity index (χ3n) is 11.8. The number of nitriles is 1. The third-order valence-corrected chi connectivity index (χ3v) is 12.6. The first-order valence-corrected chi connectivity index (χ1v) is 14.0. The Morgan fingerprint density at radius 3 is 2.33 bits per heavy atom. The Hall–Kier alpha value is -0.890. The minimum atomic E-state index is -0.308. The molecule has 178 valence electrons. The SMILES string of the molecule is CC1(C)C(=O)C(I)=C[C@]2(C)[C@H]3C=CC4=C5C[C@@](C)(C#N)CC[C@]5(C)CC[C@@]4(C)[C@]3(C)CC[C@@H]12. The van der Waals surface area contributed by atoms with Crippen LogP contribution in [-0.4, -0.2) is 5.78 Å². The molecular formula is C30H40INO. The molecule has 2 nitrogen and oxygen atoms in total. The van der Waals surface area contributed by atoms with Gasteiger partial charge in [0.05, 0.1) is 15.1 Å². The number of Topliss-reactive ketones (excluding diaryl/α,β-unsaturated/α-hetero) is 1. The summed E-state index contributed by atoms with van der Waals surface area (Å²) >= 11 is 2.30. The summed E-state index contributed by atoms with van der Waals surface area (Å²) in [6, 6.07) is 2.67. The summed E-state index contributed by atoms with van der Waals surface area (Å²) in [6.45, 7) is 16.5. The van der Waals surface area contributed by atoms with Crippen LogP contribution in [0, 0.1) is 55.7 Å². The number of rotatable bonds is 0. The Kier molecular flexibility index (Phi) is 4.96. The number of carbonyl (C=O) groups excluding carboxylic acids is 1. The molecule has 0 radical (unpaired) electrons. The number of hydrogen-bond acceptors (Lipinski definition) is 2. The fourth-order valence-corrected chi connectivity index (χ4v) is 10.6. The minimum Gasteiger partial charge on any atom is -0.293 e. The lowest BCUT2D eigenvalue weighted by Crippen LogP contribution is -2.61. The summed E-state index contributed by atoms with van der Waals surface area (Å²) in [6.07, 6.45) is 15.2. The van der Waals surface area contributed by atoms with Crippen LogP contribution in [0.5, 0.6) is 0 Å². The first-order chi connectivity index (χ1) is 15.2. The second-order valence-electron chi connectivity index (χ2n) is 13.9. The molecule has 2 saturated carbocycles. The van der Waals surface area contributed by atoms with Crippen molar-refractivity contribution in [1.29, 1.82) is 5.26 Å². The van der Waals surface area contributed by atoms with Crippen molar-refractivity contribution in [1.82, 2.24) is 0 Å². The topological polar surface area (TPSA) is 40.9 Å². The number of allylic oxidation sites excluding steroid dienone is 6. The predicted octanol–water partition coefficient (Wildman–Crippen LogP) is 8.34. The van der Waals surface area contributed by atoms with Crippen LogP contribution in [0.1, 0.15) is 93.4 Å². The quantitative estimate of drug-likeness (QED) is 0.281. The average molecular weight is 558 g/mol. The largest absolute Gasteiger partial charge is 0.293 e. The molecule has 0 unspecified atom stereocenters. The van der Waals surface area contributed by atoms with Gasteiger partial charge >= 0.3 is 0 Å². The van der Waals surface area contributed by atoms with Gasteiger partial charge in [0.1, 0.15) is 0 Å². The van der Waals surface area contributed by atoms with Crippen molar-refractivity contribution in [3.05, 3.63) is 33.0 Å². The van der Waals surface area contributed by atoms with Crippen molar-refractivity contribution in [2.24, 2.45) is 44.3 Å². The molecule has 0 amide bonds. The molecule has 5 aliphatic carbocycles. The van der Waals surface area contributed by atoms with Crippen LogP contribution < -0.4 is 0 Å². The van der Waals surface area contributed by atoms with Gasteiger partial charge < -0.3 is 0 Å². The van der Waals surface area contributed by atoms with Gasteiger partial charge in [-0.15, -0.1) is 0 Å². The molecule has 0 aromatic rings. The molecule has 0 heterocycles. The zero-order valence-corrected chi connectivity index (χ0v) is 23.7. The van der Waals surface area contributed by atoms with Crippen LogP contribution >= 0.6 is 22.6 Å². The summed E-state index contributed by atoms with van der Waals surface area (Å²) < 4.78 is 0.927. The monoisotopic (exact) mass is 557 g/mol. The maximum absolute atomic E-state index is 13.1. The number of halogens is 1. The molecule has 5 rings (SSSR count). The van der Waals surface area contributed by atoms with Crippen molar-refractivity contribution in [3.8, 4) is 6.07 Å². The number of fused-ring (bicyclic) bond motifs is 6. The van der Waals surface area contributed by atoms with Crippen LogP contribution in [0.15, 0.2) is 33.0 Å². The van der Waals surface area contributed by atoms with Gasteiger partial charge in [0.2, 0.25) is 0 Å². The van der Waals surface area contributed by atoms with E-state index in [0.29, 0.717) is 17.6 Å². The molecule has 0 N–H and O–H groups in total. The number of ketones is 1. The molecule has 0 spiro atoms. The highest BCUT2D eigenvalue weighted by atomic mass is 127. The normalized spacial score (nSPS) is 50.4. The minimum absolute atomic E-state index is 0.00881. The van der Waals surface area contributed by atoms with Crippen LogP contribution in [-0.2, 0) is 4.79 Å². The van der Waals surface area contributed by atoms with Gasteiger partial charge in [-0.3, -0.25) is 4.79 Å². The standard InChI is InChI=1S/C30H40INO/c1-25(2)22-10-11-30(7)23(28(22,5)17-21(31)24(25)33)9-8-19-20-16-26(3,18-32)12-13-27(20,4)14-15-29(19,30)6/h8-9,17,22-23H,10-16H2,1-7H3/t22-,23+,26-,27+,28-,29+,30+/m0/s1. The van der Waals surface area contributed by atoms with E-state index in [1.54, 1.807) is 11.1 Å². The lowest BCUT2D eigenvalue weighted by Gasteiger charge is -2.67. The second-order valence-corrected chi connectivity index (χ2v) is 15.1. The lowest BCUT2D eigenvalue weighted by molar-refractivity contribution is -0.143. The van der Waals surface area contributed by atoms with Crippen LogP contribution in [0.2, 0.25) is 0 Å². The average Bonchev–Trinajstić information content (AvgIpc) is 2.74. The zero-order valence-electron chi connectivity index (χ0n) is 21.6. The Morgan fingerprint density at radius 2 is 1.67 bits per heavy atom.